The highest BCUT2D eigenvalue weighted by Gasteiger charge is 2.06. The molecule has 0 saturated carbocycles. The first-order valence-corrected chi connectivity index (χ1v) is 5.12. The number of ether oxygens (including phenoxy) is 1. The lowest BCUT2D eigenvalue weighted by atomic mass is 10.4. The fraction of sp³-hybridized carbons (Fsp3) is 0.667. The largest absolute Gasteiger partial charge is 0.448 e. The molecule has 7 nitrogen and oxygen atoms in total. The highest BCUT2D eigenvalue weighted by molar-refractivity contribution is 5.64. The van der Waals surface area contributed by atoms with E-state index in [0.29, 0.717) is 13.1 Å². The van der Waals surface area contributed by atoms with Crippen molar-refractivity contribution in [2.75, 3.05) is 13.2 Å². The van der Waals surface area contributed by atoms with Crippen LogP contribution in [0.2, 0.25) is 0 Å². The Bertz CT molecular complexity index is 336. The lowest BCUT2D eigenvalue weighted by molar-refractivity contribution is 0.157. The average Bonchev–Trinajstić information content (AvgIpc) is 2.65. The smallest absolute Gasteiger partial charge is 0.404 e. The van der Waals surface area contributed by atoms with Crippen LogP contribution in [0.5, 0.6) is 0 Å². The molecule has 0 saturated heterocycles. The van der Waals surface area contributed by atoms with Gasteiger partial charge in [-0.15, -0.1) is 0 Å². The van der Waals surface area contributed by atoms with E-state index in [0.717, 1.165) is 5.82 Å². The molecule has 1 aromatic heterocycles. The molecule has 0 unspecified atom stereocenters. The molecule has 90 valence electrons. The number of nitrogens with zero attached hydrogens (tertiary/aromatic N) is 3. The van der Waals surface area contributed by atoms with Crippen LogP contribution in [0.4, 0.5) is 4.79 Å². The summed E-state index contributed by atoms with van der Waals surface area (Å²) >= 11 is 0. The van der Waals surface area contributed by atoms with Crippen molar-refractivity contribution in [3.8, 4) is 0 Å². The first kappa shape index (κ1) is 12.4. The van der Waals surface area contributed by atoms with E-state index in [1.165, 1.54) is 6.33 Å². The first-order chi connectivity index (χ1) is 7.61. The van der Waals surface area contributed by atoms with Crippen molar-refractivity contribution < 1.29 is 9.53 Å². The molecular formula is C9H17N5O2. The number of nitrogens with two attached hydrogens (primary N) is 1. The predicted molar refractivity (Wildman–Crippen MR) is 57.6 cm³/mol. The van der Waals surface area contributed by atoms with E-state index < -0.39 is 6.09 Å². The number of hydrogen-bond acceptors (Lipinski definition) is 5. The zero-order chi connectivity index (χ0) is 12.0. The van der Waals surface area contributed by atoms with Crippen molar-refractivity contribution in [3.05, 3.63) is 12.2 Å². The number of aromatic nitrogens is 3. The van der Waals surface area contributed by atoms with Gasteiger partial charge in [0, 0.05) is 12.6 Å². The fourth-order valence-electron chi connectivity index (χ4n) is 1.26. The SMILES string of the molecule is CC(C)n1ncnc1CNCCOC(N)=O. The van der Waals surface area contributed by atoms with Gasteiger partial charge in [0.25, 0.3) is 0 Å². The van der Waals surface area contributed by atoms with E-state index in [4.69, 9.17) is 5.73 Å². The fourth-order valence-corrected chi connectivity index (χ4v) is 1.26. The molecule has 0 atom stereocenters. The Kier molecular flexibility index (Phi) is 4.71. The molecule has 0 spiro atoms. The van der Waals surface area contributed by atoms with Gasteiger partial charge in [0.2, 0.25) is 0 Å². The van der Waals surface area contributed by atoms with E-state index in [1.807, 2.05) is 18.5 Å². The molecule has 0 bridgehead atoms. The molecule has 7 heteroatoms. The zero-order valence-corrected chi connectivity index (χ0v) is 9.51. The molecule has 0 radical (unpaired) electrons. The predicted octanol–water partition coefficient (Wildman–Crippen LogP) is 0.0439. The summed E-state index contributed by atoms with van der Waals surface area (Å²) < 4.78 is 6.41. The van der Waals surface area contributed by atoms with Gasteiger partial charge >= 0.3 is 6.09 Å². The summed E-state index contributed by atoms with van der Waals surface area (Å²) in [5, 5.41) is 7.19. The molecule has 1 heterocycles. The third-order valence-corrected chi connectivity index (χ3v) is 1.94. The van der Waals surface area contributed by atoms with Gasteiger partial charge in [-0.2, -0.15) is 5.10 Å². The number of nitrogens with one attached hydrogen (secondary N) is 1. The molecule has 3 N–H and O–H groups in total. The normalized spacial score (nSPS) is 10.7. The monoisotopic (exact) mass is 227 g/mol. The number of carbonyl (C=O) groups is 1. The molecule has 1 aromatic rings. The van der Waals surface area contributed by atoms with Gasteiger partial charge in [0.15, 0.2) is 0 Å². The van der Waals surface area contributed by atoms with Crippen LogP contribution >= 0.6 is 0 Å². The van der Waals surface area contributed by atoms with Crippen molar-refractivity contribution in [3.63, 3.8) is 0 Å². The van der Waals surface area contributed by atoms with E-state index in [1.54, 1.807) is 0 Å². The maximum atomic E-state index is 10.3. The topological polar surface area (TPSA) is 95.1 Å². The number of primary amides is 1. The Morgan fingerprint density at radius 2 is 2.44 bits per heavy atom. The van der Waals surface area contributed by atoms with Crippen LogP contribution in [0, 0.1) is 0 Å². The summed E-state index contributed by atoms with van der Waals surface area (Å²) in [5.74, 6) is 0.856. The molecule has 0 aliphatic heterocycles. The molecule has 0 aromatic carbocycles. The van der Waals surface area contributed by atoms with Crippen molar-refractivity contribution in [2.45, 2.75) is 26.4 Å². The lowest BCUT2D eigenvalue weighted by Gasteiger charge is -2.09. The lowest BCUT2D eigenvalue weighted by Crippen LogP contribution is -2.25. The van der Waals surface area contributed by atoms with Gasteiger partial charge in [0.05, 0.1) is 6.54 Å². The minimum absolute atomic E-state index is 0.255. The zero-order valence-electron chi connectivity index (χ0n) is 9.51. The molecular weight excluding hydrogens is 210 g/mol. The highest BCUT2D eigenvalue weighted by atomic mass is 16.5. The quantitative estimate of drug-likeness (QED) is 0.669. The Morgan fingerprint density at radius 1 is 1.69 bits per heavy atom. The van der Waals surface area contributed by atoms with E-state index in [2.05, 4.69) is 20.1 Å². The van der Waals surface area contributed by atoms with Crippen molar-refractivity contribution in [1.29, 1.82) is 0 Å². The van der Waals surface area contributed by atoms with Gasteiger partial charge in [0.1, 0.15) is 18.8 Å². The minimum atomic E-state index is -0.757. The summed E-state index contributed by atoms with van der Waals surface area (Å²) in [7, 11) is 0. The van der Waals surface area contributed by atoms with Crippen molar-refractivity contribution in [1.82, 2.24) is 20.1 Å². The standard InChI is InChI=1S/C9H17N5O2/c1-7(2)14-8(12-6-13-14)5-11-3-4-16-9(10)15/h6-7,11H,3-5H2,1-2H3,(H2,10,15). The number of carbonyl (C=O) groups excluding carboxylic acids is 1. The van der Waals surface area contributed by atoms with Crippen molar-refractivity contribution >= 4 is 6.09 Å². The Labute approximate surface area is 94.0 Å². The van der Waals surface area contributed by atoms with Crippen LogP contribution in [0.3, 0.4) is 0 Å². The maximum Gasteiger partial charge on any atom is 0.404 e. The summed E-state index contributed by atoms with van der Waals surface area (Å²) in [6, 6.07) is 0.279. The summed E-state index contributed by atoms with van der Waals surface area (Å²) in [4.78, 5) is 14.4. The number of hydrogen-bond donors (Lipinski definition) is 2. The molecule has 1 amide bonds. The van der Waals surface area contributed by atoms with Crippen LogP contribution in [-0.2, 0) is 11.3 Å². The molecule has 1 rings (SSSR count). The minimum Gasteiger partial charge on any atom is -0.448 e. The van der Waals surface area contributed by atoms with Crippen LogP contribution in [0.1, 0.15) is 25.7 Å². The Hall–Kier alpha value is -1.63. The van der Waals surface area contributed by atoms with Crippen LogP contribution in [0.25, 0.3) is 0 Å². The summed E-state index contributed by atoms with van der Waals surface area (Å²) in [6.07, 6.45) is 0.767. The van der Waals surface area contributed by atoms with Crippen LogP contribution in [0.15, 0.2) is 6.33 Å². The third-order valence-electron chi connectivity index (χ3n) is 1.94. The number of amides is 1. The first-order valence-electron chi connectivity index (χ1n) is 5.12. The van der Waals surface area contributed by atoms with Gasteiger partial charge < -0.3 is 15.8 Å². The molecule has 0 aliphatic carbocycles. The van der Waals surface area contributed by atoms with Crippen molar-refractivity contribution in [2.24, 2.45) is 5.73 Å². The van der Waals surface area contributed by atoms with Gasteiger partial charge in [-0.1, -0.05) is 0 Å². The van der Waals surface area contributed by atoms with E-state index in [-0.39, 0.29) is 12.6 Å². The average molecular weight is 227 g/mol. The number of rotatable bonds is 6. The van der Waals surface area contributed by atoms with Gasteiger partial charge in [-0.3, -0.25) is 0 Å². The third kappa shape index (κ3) is 3.85. The highest BCUT2D eigenvalue weighted by Crippen LogP contribution is 2.04. The second-order valence-electron chi connectivity index (χ2n) is 3.56. The molecule has 16 heavy (non-hydrogen) atoms. The van der Waals surface area contributed by atoms with Gasteiger partial charge in [-0.05, 0) is 13.8 Å². The van der Waals surface area contributed by atoms with Crippen LogP contribution < -0.4 is 11.1 Å². The molecule has 0 aliphatic rings. The Balaban J connectivity index is 2.26. The summed E-state index contributed by atoms with van der Waals surface area (Å²) in [5.41, 5.74) is 4.82. The van der Waals surface area contributed by atoms with Crippen LogP contribution in [-0.4, -0.2) is 34.0 Å². The summed E-state index contributed by atoms with van der Waals surface area (Å²) in [6.45, 7) is 5.45. The van der Waals surface area contributed by atoms with E-state index in [9.17, 15) is 4.79 Å². The Morgan fingerprint density at radius 3 is 3.06 bits per heavy atom. The maximum absolute atomic E-state index is 10.3. The second-order valence-corrected chi connectivity index (χ2v) is 3.56. The second kappa shape index (κ2) is 6.06. The van der Waals surface area contributed by atoms with E-state index >= 15 is 0 Å². The molecule has 0 fully saturated rings. The van der Waals surface area contributed by atoms with Gasteiger partial charge in [-0.25, -0.2) is 14.5 Å².